The molecule has 1 N–H and O–H groups in total. The van der Waals surface area contributed by atoms with Crippen LogP contribution in [0.1, 0.15) is 18.1 Å². The monoisotopic (exact) mass is 181 g/mol. The van der Waals surface area contributed by atoms with Gasteiger partial charge in [0.05, 0.1) is 0 Å². The number of halogens is 1. The lowest BCUT2D eigenvalue weighted by Gasteiger charge is -2.06. The number of aryl methyl sites for hydroxylation is 1. The molecule has 0 bridgehead atoms. The molecule has 0 unspecified atom stereocenters. The predicted octanol–water partition coefficient (Wildman–Crippen LogP) is 3.23. The van der Waals surface area contributed by atoms with E-state index in [0.29, 0.717) is 12.1 Å². The Labute approximate surface area is 77.9 Å². The summed E-state index contributed by atoms with van der Waals surface area (Å²) >= 11 is 5.98. The Morgan fingerprint density at radius 1 is 1.50 bits per heavy atom. The summed E-state index contributed by atoms with van der Waals surface area (Å²) in [5.74, 6) is 0. The van der Waals surface area contributed by atoms with Crippen molar-refractivity contribution >= 4 is 17.3 Å². The van der Waals surface area contributed by atoms with Crippen LogP contribution in [-0.4, -0.2) is 5.71 Å². The Hall–Kier alpha value is -0.820. The first-order valence-corrected chi connectivity index (χ1v) is 4.27. The van der Waals surface area contributed by atoms with Gasteiger partial charge in [-0.1, -0.05) is 23.7 Å². The molecule has 1 aromatic carbocycles. The van der Waals surface area contributed by atoms with E-state index < -0.39 is 0 Å². The van der Waals surface area contributed by atoms with E-state index >= 15 is 0 Å². The third-order valence-corrected chi connectivity index (χ3v) is 2.15. The molecule has 1 rings (SSSR count). The van der Waals surface area contributed by atoms with Gasteiger partial charge in [-0.05, 0) is 31.0 Å². The number of hydrogen-bond acceptors (Lipinski definition) is 1. The highest BCUT2D eigenvalue weighted by Gasteiger charge is 2.03. The summed E-state index contributed by atoms with van der Waals surface area (Å²) in [5.41, 5.74) is 2.88. The van der Waals surface area contributed by atoms with Crippen LogP contribution in [0.3, 0.4) is 0 Å². The van der Waals surface area contributed by atoms with Crippen LogP contribution in [-0.2, 0) is 6.42 Å². The van der Waals surface area contributed by atoms with Gasteiger partial charge in [0.1, 0.15) is 0 Å². The van der Waals surface area contributed by atoms with Crippen molar-refractivity contribution in [3.63, 3.8) is 0 Å². The van der Waals surface area contributed by atoms with Gasteiger partial charge in [-0.2, -0.15) is 0 Å². The highest BCUT2D eigenvalue weighted by molar-refractivity contribution is 6.31. The highest BCUT2D eigenvalue weighted by atomic mass is 35.5. The van der Waals surface area contributed by atoms with Gasteiger partial charge >= 0.3 is 0 Å². The second kappa shape index (κ2) is 3.72. The summed E-state index contributed by atoms with van der Waals surface area (Å²) in [5, 5.41) is 8.13. The minimum Gasteiger partial charge on any atom is -0.310 e. The molecule has 0 aromatic heterocycles. The van der Waals surface area contributed by atoms with Crippen LogP contribution in [0.25, 0.3) is 0 Å². The average molecular weight is 182 g/mol. The topological polar surface area (TPSA) is 23.9 Å². The van der Waals surface area contributed by atoms with Crippen LogP contribution in [0.15, 0.2) is 18.2 Å². The van der Waals surface area contributed by atoms with Crippen LogP contribution >= 0.6 is 11.6 Å². The van der Waals surface area contributed by atoms with Gasteiger partial charge < -0.3 is 5.41 Å². The average Bonchev–Trinajstić information content (AvgIpc) is 1.97. The van der Waals surface area contributed by atoms with E-state index in [2.05, 4.69) is 0 Å². The van der Waals surface area contributed by atoms with Crippen molar-refractivity contribution in [2.45, 2.75) is 20.3 Å². The van der Waals surface area contributed by atoms with Gasteiger partial charge in [-0.25, -0.2) is 0 Å². The molecule has 1 nitrogen and oxygen atoms in total. The molecule has 0 heterocycles. The molecular weight excluding hydrogens is 170 g/mol. The standard InChI is InChI=1S/C10H12ClN/c1-7-4-3-5-10(11)9(7)6-8(2)12/h3-5,12H,6H2,1-2H3. The zero-order chi connectivity index (χ0) is 9.14. The molecule has 0 atom stereocenters. The maximum Gasteiger partial charge on any atom is 0.0444 e. The second-order valence-corrected chi connectivity index (χ2v) is 3.40. The van der Waals surface area contributed by atoms with E-state index in [9.17, 15) is 0 Å². The fraction of sp³-hybridized carbons (Fsp3) is 0.300. The lowest BCUT2D eigenvalue weighted by atomic mass is 10.0. The van der Waals surface area contributed by atoms with Crippen molar-refractivity contribution < 1.29 is 0 Å². The first-order chi connectivity index (χ1) is 5.61. The first kappa shape index (κ1) is 9.27. The Bertz CT molecular complexity index is 284. The van der Waals surface area contributed by atoms with E-state index in [1.165, 1.54) is 0 Å². The van der Waals surface area contributed by atoms with E-state index in [-0.39, 0.29) is 0 Å². The molecule has 0 aliphatic carbocycles. The maximum absolute atomic E-state index is 7.37. The summed E-state index contributed by atoms with van der Waals surface area (Å²) in [6.07, 6.45) is 0.658. The summed E-state index contributed by atoms with van der Waals surface area (Å²) < 4.78 is 0. The molecule has 0 spiro atoms. The minimum atomic E-state index is 0.645. The third-order valence-electron chi connectivity index (χ3n) is 1.80. The maximum atomic E-state index is 7.37. The van der Waals surface area contributed by atoms with Crippen molar-refractivity contribution in [1.29, 1.82) is 5.41 Å². The molecule has 0 aliphatic heterocycles. The number of benzene rings is 1. The SMILES string of the molecule is CC(=N)Cc1c(C)cccc1Cl. The summed E-state index contributed by atoms with van der Waals surface area (Å²) in [7, 11) is 0. The van der Waals surface area contributed by atoms with Crippen LogP contribution in [0.5, 0.6) is 0 Å². The molecule has 0 saturated carbocycles. The van der Waals surface area contributed by atoms with Gasteiger partial charge in [-0.15, -0.1) is 0 Å². The molecule has 0 amide bonds. The number of nitrogens with one attached hydrogen (secondary N) is 1. The quantitative estimate of drug-likeness (QED) is 0.678. The van der Waals surface area contributed by atoms with Gasteiger partial charge in [-0.3, -0.25) is 0 Å². The summed E-state index contributed by atoms with van der Waals surface area (Å²) in [6, 6.07) is 5.82. The van der Waals surface area contributed by atoms with E-state index in [1.807, 2.05) is 25.1 Å². The van der Waals surface area contributed by atoms with Crippen molar-refractivity contribution in [3.8, 4) is 0 Å². The predicted molar refractivity (Wildman–Crippen MR) is 53.3 cm³/mol. The van der Waals surface area contributed by atoms with Crippen LogP contribution < -0.4 is 0 Å². The lowest BCUT2D eigenvalue weighted by Crippen LogP contribution is -1.98. The highest BCUT2D eigenvalue weighted by Crippen LogP contribution is 2.19. The third kappa shape index (κ3) is 2.08. The molecule has 0 aliphatic rings. The summed E-state index contributed by atoms with van der Waals surface area (Å²) in [4.78, 5) is 0. The molecule has 64 valence electrons. The van der Waals surface area contributed by atoms with Crippen molar-refractivity contribution in [2.75, 3.05) is 0 Å². The molecule has 0 radical (unpaired) electrons. The Balaban J connectivity index is 3.04. The van der Waals surface area contributed by atoms with Crippen LogP contribution in [0, 0.1) is 12.3 Å². The van der Waals surface area contributed by atoms with Gasteiger partial charge in [0.15, 0.2) is 0 Å². The van der Waals surface area contributed by atoms with E-state index in [0.717, 1.165) is 16.1 Å². The fourth-order valence-electron chi connectivity index (χ4n) is 1.16. The Morgan fingerprint density at radius 3 is 2.67 bits per heavy atom. The van der Waals surface area contributed by atoms with E-state index in [1.54, 1.807) is 6.92 Å². The van der Waals surface area contributed by atoms with Crippen molar-refractivity contribution in [2.24, 2.45) is 0 Å². The van der Waals surface area contributed by atoms with Crippen LogP contribution in [0.2, 0.25) is 5.02 Å². The van der Waals surface area contributed by atoms with Gasteiger partial charge in [0.25, 0.3) is 0 Å². The van der Waals surface area contributed by atoms with Gasteiger partial charge in [0, 0.05) is 17.2 Å². The Morgan fingerprint density at radius 2 is 2.17 bits per heavy atom. The normalized spacial score (nSPS) is 9.92. The van der Waals surface area contributed by atoms with Crippen molar-refractivity contribution in [1.82, 2.24) is 0 Å². The smallest absolute Gasteiger partial charge is 0.0444 e. The largest absolute Gasteiger partial charge is 0.310 e. The Kier molecular flexibility index (Phi) is 2.88. The zero-order valence-corrected chi connectivity index (χ0v) is 8.07. The zero-order valence-electron chi connectivity index (χ0n) is 7.32. The minimum absolute atomic E-state index is 0.645. The molecule has 2 heteroatoms. The molecule has 0 saturated heterocycles. The van der Waals surface area contributed by atoms with E-state index in [4.69, 9.17) is 17.0 Å². The molecule has 1 aromatic rings. The molecule has 12 heavy (non-hydrogen) atoms. The fourth-order valence-corrected chi connectivity index (χ4v) is 1.44. The number of hydrogen-bond donors (Lipinski definition) is 1. The molecular formula is C10H12ClN. The van der Waals surface area contributed by atoms with Gasteiger partial charge in [0.2, 0.25) is 0 Å². The second-order valence-electron chi connectivity index (χ2n) is 2.99. The lowest BCUT2D eigenvalue weighted by molar-refractivity contribution is 1.22. The summed E-state index contributed by atoms with van der Waals surface area (Å²) in [6.45, 7) is 3.81. The van der Waals surface area contributed by atoms with Crippen molar-refractivity contribution in [3.05, 3.63) is 34.3 Å². The first-order valence-electron chi connectivity index (χ1n) is 3.89. The molecule has 0 fully saturated rings. The van der Waals surface area contributed by atoms with Crippen LogP contribution in [0.4, 0.5) is 0 Å². The number of rotatable bonds is 2.